The van der Waals surface area contributed by atoms with Gasteiger partial charge in [0.25, 0.3) is 0 Å². The molecule has 4 saturated carbocycles. The van der Waals surface area contributed by atoms with Crippen LogP contribution >= 0.6 is 0 Å². The molecule has 8 heterocycles. The first kappa shape index (κ1) is 86.0. The number of H-pyrrole nitrogens is 4. The van der Waals surface area contributed by atoms with Crippen molar-refractivity contribution in [3.8, 4) is 0 Å². The molecule has 8 aromatic carbocycles. The Morgan fingerprint density at radius 3 is 1.06 bits per heavy atom. The number of aromatic amines is 4. The van der Waals surface area contributed by atoms with Gasteiger partial charge in [-0.3, -0.25) is 19.9 Å². The smallest absolute Gasteiger partial charge is 0.416 e. The first-order valence-electron chi connectivity index (χ1n) is 43.0. The first-order valence-corrected chi connectivity index (χ1v) is 43.0. The summed E-state index contributed by atoms with van der Waals surface area (Å²) in [5.41, 5.74) is 9.95. The molecule has 16 aromatic rings. The summed E-state index contributed by atoms with van der Waals surface area (Å²) in [7, 11) is 1.38. The van der Waals surface area contributed by atoms with E-state index in [9.17, 15) is 61.9 Å². The van der Waals surface area contributed by atoms with Crippen molar-refractivity contribution in [2.45, 2.75) is 184 Å². The van der Waals surface area contributed by atoms with E-state index in [1.165, 1.54) is 43.0 Å². The molecule has 0 spiro atoms. The zero-order valence-electron chi connectivity index (χ0n) is 69.7. The lowest BCUT2D eigenvalue weighted by atomic mass is 9.73. The molecule has 0 bridgehead atoms. The van der Waals surface area contributed by atoms with Crippen molar-refractivity contribution in [1.29, 1.82) is 0 Å². The Balaban J connectivity index is 0.000000119. The summed E-state index contributed by atoms with van der Waals surface area (Å²) in [5, 5.41) is 3.52. The molecule has 126 heavy (non-hydrogen) atoms. The summed E-state index contributed by atoms with van der Waals surface area (Å²) in [6, 6.07) is 37.4. The summed E-state index contributed by atoms with van der Waals surface area (Å²) in [4.78, 5) is 59.3. The molecule has 4 N–H and O–H groups in total. The van der Waals surface area contributed by atoms with Crippen LogP contribution in [0.25, 0.3) is 87.7 Å². The lowest BCUT2D eigenvalue weighted by Gasteiger charge is -2.32. The molecule has 8 aromatic heterocycles. The minimum Gasteiger partial charge on any atom is -0.465 e. The number of methoxy groups -OCH3 is 1. The SMILES string of the molecule is COC(=O)c1ccc2nc([C@H](C)C3CCC(c4ccnc5ccc(F)cc45)CC3)[nH]c2c1.C[C@@H](c1nc2c(F)c(F)c(F)cc2[nH]1)C1CCC(c2ccnc3ccc(F)cc23)CC1.C[C@@H](c1nc2c(F)cc(F)c(F)c2[nH]1)C1CCC(c2ccnc3ccc(F)cc23)CC1.C[C@@H](c1nc2ccc(C(F)(F)F)cc2[nH]1)C1CCC(c2ccnc3ccc(F)cc23)CC1. The quantitative estimate of drug-likeness (QED) is 0.0374. The summed E-state index contributed by atoms with van der Waals surface area (Å²) < 4.78 is 182. The van der Waals surface area contributed by atoms with Gasteiger partial charge in [0.2, 0.25) is 0 Å². The van der Waals surface area contributed by atoms with Gasteiger partial charge >= 0.3 is 12.1 Å². The molecule has 4 atom stereocenters. The first-order chi connectivity index (χ1) is 60.7. The average Bonchev–Trinajstić information content (AvgIpc) is 1.61. The molecule has 0 unspecified atom stereocenters. The number of benzene rings is 8. The molecule has 20 rings (SSSR count). The summed E-state index contributed by atoms with van der Waals surface area (Å²) in [6.45, 7) is 8.29. The van der Waals surface area contributed by atoms with E-state index in [2.05, 4.69) is 68.7 Å². The average molecular weight is 1730 g/mol. The van der Waals surface area contributed by atoms with Gasteiger partial charge < -0.3 is 24.7 Å². The zero-order valence-corrected chi connectivity index (χ0v) is 69.7. The normalized spacial score (nSPS) is 20.3. The van der Waals surface area contributed by atoms with Gasteiger partial charge in [-0.15, -0.1) is 0 Å². The van der Waals surface area contributed by atoms with E-state index in [1.54, 1.807) is 79.3 Å². The second-order valence-electron chi connectivity index (χ2n) is 34.5. The van der Waals surface area contributed by atoms with Crippen LogP contribution in [0.3, 0.4) is 0 Å². The predicted molar refractivity (Wildman–Crippen MR) is 460 cm³/mol. The number of hydrogen-bond donors (Lipinski definition) is 4. The molecule has 650 valence electrons. The van der Waals surface area contributed by atoms with Crippen molar-refractivity contribution >= 4 is 93.7 Å². The van der Waals surface area contributed by atoms with E-state index >= 15 is 0 Å². The van der Waals surface area contributed by atoms with Crippen LogP contribution in [0.2, 0.25) is 0 Å². The van der Waals surface area contributed by atoms with Gasteiger partial charge in [-0.05, 0) is 306 Å². The second-order valence-corrected chi connectivity index (χ2v) is 34.5. The number of pyridine rings is 4. The minimum atomic E-state index is -4.37. The van der Waals surface area contributed by atoms with Crippen molar-refractivity contribution in [3.63, 3.8) is 0 Å². The van der Waals surface area contributed by atoms with Crippen LogP contribution in [0.4, 0.5) is 57.1 Å². The Bertz CT molecular complexity index is 6710. The van der Waals surface area contributed by atoms with Crippen LogP contribution in [0.5, 0.6) is 0 Å². The van der Waals surface area contributed by atoms with Crippen LogP contribution in [0, 0.1) is 81.8 Å². The van der Waals surface area contributed by atoms with Gasteiger partial charge in [-0.1, -0.05) is 27.7 Å². The molecule has 27 heteroatoms. The van der Waals surface area contributed by atoms with E-state index < -0.39 is 46.6 Å². The molecule has 4 fully saturated rings. The highest BCUT2D eigenvalue weighted by molar-refractivity contribution is 5.94. The third kappa shape index (κ3) is 17.8. The van der Waals surface area contributed by atoms with E-state index in [4.69, 9.17) is 9.72 Å². The lowest BCUT2D eigenvalue weighted by molar-refractivity contribution is -0.137. The van der Waals surface area contributed by atoms with Gasteiger partial charge in [0.15, 0.2) is 34.9 Å². The monoisotopic (exact) mass is 1730 g/mol. The topological polar surface area (TPSA) is 193 Å². The van der Waals surface area contributed by atoms with Crippen molar-refractivity contribution in [2.24, 2.45) is 23.7 Å². The molecule has 4 aliphatic rings. The fourth-order valence-electron chi connectivity index (χ4n) is 20.1. The summed E-state index contributed by atoms with van der Waals surface area (Å²) in [5.74, 6) is -2.64. The maximum atomic E-state index is 14.0. The molecular weight excluding hydrogens is 1640 g/mol. The highest BCUT2D eigenvalue weighted by Gasteiger charge is 2.37. The Morgan fingerprint density at radius 1 is 0.341 bits per heavy atom. The highest BCUT2D eigenvalue weighted by Crippen LogP contribution is 2.49. The number of alkyl halides is 3. The molecule has 0 saturated heterocycles. The van der Waals surface area contributed by atoms with Gasteiger partial charge in [0.05, 0.1) is 67.9 Å². The number of hydrogen-bond acceptors (Lipinski definition) is 10. The highest BCUT2D eigenvalue weighted by atomic mass is 19.4. The van der Waals surface area contributed by atoms with Crippen molar-refractivity contribution in [2.75, 3.05) is 7.11 Å². The number of halogens is 13. The minimum absolute atomic E-state index is 0.00880. The number of rotatable bonds is 13. The van der Waals surface area contributed by atoms with Crippen LogP contribution in [0.1, 0.15) is 239 Å². The molecule has 4 aliphatic carbocycles. The molecule has 14 nitrogen and oxygen atoms in total. The maximum Gasteiger partial charge on any atom is 0.416 e. The lowest BCUT2D eigenvalue weighted by Crippen LogP contribution is -2.19. The van der Waals surface area contributed by atoms with Crippen molar-refractivity contribution in [1.82, 2.24) is 59.8 Å². The van der Waals surface area contributed by atoms with Gasteiger partial charge in [-0.2, -0.15) is 13.2 Å². The molecule has 0 radical (unpaired) electrons. The van der Waals surface area contributed by atoms with Gasteiger partial charge in [0.1, 0.15) is 63.1 Å². The van der Waals surface area contributed by atoms with Crippen LogP contribution in [0.15, 0.2) is 170 Å². The Morgan fingerprint density at radius 2 is 0.675 bits per heavy atom. The standard InChI is InChI=1S/C26H26FN3O2.C25H23F4N3.2C24H21F4N3/c1-15(25-29-23-9-7-18(26(31)32-2)13-24(23)30-25)16-3-5-17(6-4-16)20-11-12-28-22-10-8-19(27)14-21(20)22;1-14(24-31-22-8-6-17(25(27,28)29)12-23(22)32-24)15-2-4-16(5-3-15)19-10-11-30-21-9-7-18(26)13-20(19)21;1-12(24-30-22-19(27)11-18(26)21(28)23(22)31-24)13-2-4-14(5-3-13)16-8-9-29-20-7-6-15(25)10-17(16)20;1-12(24-30-20-11-18(26)21(27)22(28)23(20)31-24)13-2-4-14(5-3-13)16-8-9-29-19-7-6-15(25)10-17(16)19/h7-17H,3-6H2,1-2H3,(H,29,30);6-16H,2-5H2,1H3,(H,31,32);2*6-14H,2-5H2,1H3,(H,30,31)/t15-,16?,17?;14-,15?,16?;2*12-,13?,14?/m1111/s1. The van der Waals surface area contributed by atoms with E-state index in [1.807, 2.05) is 50.4 Å². The predicted octanol–water partition coefficient (Wildman–Crippen LogP) is 27.0. The Hall–Kier alpha value is -12.2. The second kappa shape index (κ2) is 36.1. The number of carbonyl (C=O) groups excluding carboxylic acids is 1. The zero-order chi connectivity index (χ0) is 88.1. The number of aromatic nitrogens is 12. The van der Waals surface area contributed by atoms with E-state index in [0.29, 0.717) is 75.7 Å². The van der Waals surface area contributed by atoms with Crippen LogP contribution in [-0.4, -0.2) is 72.9 Å². The molecular formula is C99H91F13N12O2. The third-order valence-electron chi connectivity index (χ3n) is 27.4. The molecule has 0 amide bonds. The van der Waals surface area contributed by atoms with Crippen molar-refractivity contribution in [3.05, 3.63) is 285 Å². The number of nitrogens with one attached hydrogen (secondary N) is 4. The van der Waals surface area contributed by atoms with Gasteiger partial charge in [0, 0.05) is 82.1 Å². The number of imidazole rings is 4. The van der Waals surface area contributed by atoms with E-state index in [0.717, 1.165) is 204 Å². The molecule has 0 aliphatic heterocycles. The maximum absolute atomic E-state index is 14.0. The Labute approximate surface area is 716 Å². The van der Waals surface area contributed by atoms with Crippen LogP contribution < -0.4 is 0 Å². The van der Waals surface area contributed by atoms with Crippen molar-refractivity contribution < 1.29 is 66.6 Å². The largest absolute Gasteiger partial charge is 0.465 e. The fourth-order valence-corrected chi connectivity index (χ4v) is 20.1. The summed E-state index contributed by atoms with van der Waals surface area (Å²) >= 11 is 0. The number of fused-ring (bicyclic) bond motifs is 8. The number of carbonyl (C=O) groups is 1. The van der Waals surface area contributed by atoms with Gasteiger partial charge in [-0.25, -0.2) is 68.6 Å². The number of ether oxygens (including phenoxy) is 1. The number of nitrogens with zero attached hydrogens (tertiary/aromatic N) is 8. The Kier molecular flexibility index (Phi) is 24.6. The number of esters is 1. The summed E-state index contributed by atoms with van der Waals surface area (Å²) in [6.07, 6.45) is 18.4. The van der Waals surface area contributed by atoms with E-state index in [-0.39, 0.29) is 80.9 Å². The van der Waals surface area contributed by atoms with Crippen LogP contribution in [-0.2, 0) is 10.9 Å². The third-order valence-corrected chi connectivity index (χ3v) is 27.4. The fraction of sp³-hybridized carbons (Fsp3) is 0.343.